The number of anilines is 1. The molecule has 3 saturated heterocycles. The quantitative estimate of drug-likeness (QED) is 0.493. The molecule has 6 aliphatic rings. The summed E-state index contributed by atoms with van der Waals surface area (Å²) in [6.45, 7) is 6.30. The topological polar surface area (TPSA) is 61.7 Å². The molecule has 6 nitrogen and oxygen atoms in total. The Morgan fingerprint density at radius 3 is 2.77 bits per heavy atom. The Bertz CT molecular complexity index is 1340. The van der Waals surface area contributed by atoms with Crippen LogP contribution in [0.3, 0.4) is 0 Å². The zero-order chi connectivity index (χ0) is 27.2. The van der Waals surface area contributed by atoms with Gasteiger partial charge >= 0.3 is 6.01 Å². The van der Waals surface area contributed by atoms with E-state index in [4.69, 9.17) is 26.3 Å². The normalized spacial score (nSPS) is 36.2. The second-order valence-electron chi connectivity index (χ2n) is 14.0. The van der Waals surface area contributed by atoms with Gasteiger partial charge in [-0.1, -0.05) is 18.5 Å². The summed E-state index contributed by atoms with van der Waals surface area (Å²) >= 11 is 6.67. The molecule has 3 aliphatic heterocycles. The highest BCUT2D eigenvalue weighted by Crippen LogP contribution is 2.56. The van der Waals surface area contributed by atoms with Gasteiger partial charge in [0, 0.05) is 48.5 Å². The van der Waals surface area contributed by atoms with Crippen LogP contribution < -0.4 is 9.64 Å². The molecule has 2 aromatic rings. The third-order valence-electron chi connectivity index (χ3n) is 11.4. The highest BCUT2D eigenvalue weighted by Gasteiger charge is 2.50. The van der Waals surface area contributed by atoms with Crippen LogP contribution in [0.2, 0.25) is 5.02 Å². The molecule has 8 rings (SSSR count). The fourth-order valence-electron chi connectivity index (χ4n) is 9.77. The summed E-state index contributed by atoms with van der Waals surface area (Å²) in [5.74, 6) is 3.15. The molecule has 0 radical (unpaired) electrons. The maximum atomic E-state index is 14.4. The van der Waals surface area contributed by atoms with Crippen molar-refractivity contribution in [2.45, 2.75) is 94.2 Å². The van der Waals surface area contributed by atoms with Crippen molar-refractivity contribution in [3.63, 3.8) is 0 Å². The van der Waals surface area contributed by atoms with E-state index in [0.717, 1.165) is 81.5 Å². The van der Waals surface area contributed by atoms with Gasteiger partial charge in [0.25, 0.3) is 0 Å². The number of hydrogen-bond donors (Lipinski definition) is 1. The Morgan fingerprint density at radius 2 is 1.95 bits per heavy atom. The second-order valence-corrected chi connectivity index (χ2v) is 14.4. The first-order valence-corrected chi connectivity index (χ1v) is 15.9. The lowest BCUT2D eigenvalue weighted by atomic mass is 9.69. The van der Waals surface area contributed by atoms with E-state index in [1.54, 1.807) is 6.07 Å². The number of rotatable bonds is 4. The number of phenolic OH excluding ortho intramolecular Hbond substituents is 1. The predicted molar refractivity (Wildman–Crippen MR) is 153 cm³/mol. The molecule has 0 amide bonds. The number of benzene rings is 1. The van der Waals surface area contributed by atoms with Gasteiger partial charge in [-0.15, -0.1) is 0 Å². The molecule has 6 atom stereocenters. The molecular weight excluding hydrogens is 527 g/mol. The number of aromatic hydroxyl groups is 1. The number of alkyl halides is 1. The van der Waals surface area contributed by atoms with Gasteiger partial charge in [-0.05, 0) is 98.9 Å². The van der Waals surface area contributed by atoms with Crippen LogP contribution in [-0.4, -0.2) is 64.5 Å². The molecule has 1 aromatic carbocycles. The molecule has 4 heterocycles. The molecule has 2 bridgehead atoms. The largest absolute Gasteiger partial charge is 0.508 e. The monoisotopic (exact) mass is 566 g/mol. The Labute approximate surface area is 241 Å². The summed E-state index contributed by atoms with van der Waals surface area (Å²) in [5.41, 5.74) is 4.41. The summed E-state index contributed by atoms with van der Waals surface area (Å²) in [6, 6.07) is 4.08. The number of piperidine rings is 1. The fraction of sp³-hybridized carbons (Fsp3) is 0.688. The van der Waals surface area contributed by atoms with Crippen LogP contribution >= 0.6 is 11.6 Å². The molecule has 1 saturated carbocycles. The van der Waals surface area contributed by atoms with Crippen LogP contribution in [0.1, 0.15) is 86.6 Å². The number of aromatic nitrogens is 2. The minimum atomic E-state index is -0.778. The Balaban J connectivity index is 1.16. The van der Waals surface area contributed by atoms with Crippen molar-refractivity contribution in [3.8, 4) is 11.8 Å². The molecule has 2 unspecified atom stereocenters. The zero-order valence-corrected chi connectivity index (χ0v) is 24.2. The van der Waals surface area contributed by atoms with Crippen LogP contribution in [0, 0.1) is 11.8 Å². The van der Waals surface area contributed by atoms with Crippen LogP contribution in [0.4, 0.5) is 10.2 Å². The molecule has 8 heteroatoms. The Morgan fingerprint density at radius 1 is 1.12 bits per heavy atom. The van der Waals surface area contributed by atoms with E-state index in [2.05, 4.69) is 16.7 Å². The molecule has 4 fully saturated rings. The molecular formula is C32H40ClFN4O2. The van der Waals surface area contributed by atoms with E-state index in [-0.39, 0.29) is 16.7 Å². The van der Waals surface area contributed by atoms with Gasteiger partial charge < -0.3 is 14.7 Å². The first-order chi connectivity index (χ1) is 19.3. The van der Waals surface area contributed by atoms with Crippen molar-refractivity contribution in [3.05, 3.63) is 39.5 Å². The summed E-state index contributed by atoms with van der Waals surface area (Å²) in [6.07, 6.45) is 9.55. The summed E-state index contributed by atoms with van der Waals surface area (Å²) in [5, 5.41) is 11.2. The molecule has 214 valence electrons. The van der Waals surface area contributed by atoms with E-state index >= 15 is 0 Å². The SMILES string of the molecule is C[C@H]1C[C@]2(CCc3c(nc(OC[C@@]45CCCN4C[C@H](F)C5)nc3N3CC4CCC(C4)C3)C2)c2cc(O)cc(Cl)c21. The molecule has 3 aliphatic carbocycles. The van der Waals surface area contributed by atoms with Crippen molar-refractivity contribution in [1.82, 2.24) is 14.9 Å². The smallest absolute Gasteiger partial charge is 0.318 e. The van der Waals surface area contributed by atoms with E-state index in [1.165, 1.54) is 36.0 Å². The van der Waals surface area contributed by atoms with Crippen LogP contribution in [0.15, 0.2) is 12.1 Å². The first kappa shape index (κ1) is 25.6. The van der Waals surface area contributed by atoms with Crippen LogP contribution in [0.25, 0.3) is 0 Å². The van der Waals surface area contributed by atoms with Crippen molar-refractivity contribution in [2.75, 3.05) is 37.7 Å². The van der Waals surface area contributed by atoms with Gasteiger partial charge in [-0.3, -0.25) is 4.90 Å². The number of fused-ring (bicyclic) bond motifs is 6. The van der Waals surface area contributed by atoms with Crippen LogP contribution in [-0.2, 0) is 18.3 Å². The lowest BCUT2D eigenvalue weighted by Gasteiger charge is -2.39. The number of phenols is 1. The summed E-state index contributed by atoms with van der Waals surface area (Å²) in [4.78, 5) is 15.0. The average Bonchev–Trinajstić information content (AvgIpc) is 3.62. The maximum absolute atomic E-state index is 14.4. The molecule has 1 N–H and O–H groups in total. The van der Waals surface area contributed by atoms with Crippen molar-refractivity contribution in [1.29, 1.82) is 0 Å². The minimum absolute atomic E-state index is 0.0954. The van der Waals surface area contributed by atoms with E-state index in [1.807, 2.05) is 6.07 Å². The number of ether oxygens (including phenoxy) is 1. The van der Waals surface area contributed by atoms with Gasteiger partial charge in [-0.2, -0.15) is 9.97 Å². The first-order valence-electron chi connectivity index (χ1n) is 15.5. The van der Waals surface area contributed by atoms with Gasteiger partial charge in [0.2, 0.25) is 0 Å². The standard InChI is InChI=1S/C32H40ClFN4O2/c1-19-12-31(25-10-23(39)11-26(33)28(19)25)7-5-24-27(14-31)35-30(36-29(24)37-15-20-3-4-21(9-20)16-37)40-18-32-6-2-8-38(32)17-22(34)13-32/h10-11,19-22,39H,2-9,12-18H2,1H3/t19-,20?,21?,22+,31-,32-/m0/s1. The zero-order valence-electron chi connectivity index (χ0n) is 23.5. The third-order valence-corrected chi connectivity index (χ3v) is 11.7. The number of halogens is 2. The van der Waals surface area contributed by atoms with Gasteiger partial charge in [-0.25, -0.2) is 4.39 Å². The number of nitrogens with zero attached hydrogens (tertiary/aromatic N) is 4. The molecule has 40 heavy (non-hydrogen) atoms. The second kappa shape index (κ2) is 9.19. The van der Waals surface area contributed by atoms with Gasteiger partial charge in [0.05, 0.1) is 11.2 Å². The Hall–Kier alpha value is -2.12. The average molecular weight is 567 g/mol. The van der Waals surface area contributed by atoms with Crippen LogP contribution in [0.5, 0.6) is 11.8 Å². The predicted octanol–water partition coefficient (Wildman–Crippen LogP) is 5.96. The maximum Gasteiger partial charge on any atom is 0.318 e. The minimum Gasteiger partial charge on any atom is -0.508 e. The van der Waals surface area contributed by atoms with Gasteiger partial charge in [0.15, 0.2) is 0 Å². The Kier molecular flexibility index (Phi) is 5.88. The van der Waals surface area contributed by atoms with Crippen molar-refractivity contribution in [2.24, 2.45) is 11.8 Å². The summed E-state index contributed by atoms with van der Waals surface area (Å²) < 4.78 is 20.9. The highest BCUT2D eigenvalue weighted by molar-refractivity contribution is 6.31. The van der Waals surface area contributed by atoms with E-state index in [0.29, 0.717) is 36.5 Å². The van der Waals surface area contributed by atoms with E-state index in [9.17, 15) is 9.50 Å². The lowest BCUT2D eigenvalue weighted by Crippen LogP contribution is -2.44. The molecule has 1 aromatic heterocycles. The molecule has 1 spiro atoms. The van der Waals surface area contributed by atoms with E-state index < -0.39 is 6.17 Å². The number of hydrogen-bond acceptors (Lipinski definition) is 6. The van der Waals surface area contributed by atoms with Gasteiger partial charge in [0.1, 0.15) is 24.3 Å². The van der Waals surface area contributed by atoms with Crippen molar-refractivity contribution < 1.29 is 14.2 Å². The summed E-state index contributed by atoms with van der Waals surface area (Å²) in [7, 11) is 0. The third kappa shape index (κ3) is 3.97. The van der Waals surface area contributed by atoms with Crippen molar-refractivity contribution >= 4 is 17.4 Å². The lowest BCUT2D eigenvalue weighted by molar-refractivity contribution is 0.107. The fourth-order valence-corrected chi connectivity index (χ4v) is 10.2. The highest BCUT2D eigenvalue weighted by atomic mass is 35.5.